The monoisotopic (exact) mass is 221 g/mol. The van der Waals surface area contributed by atoms with Crippen LogP contribution in [0.1, 0.15) is 5.56 Å². The molecule has 0 saturated carbocycles. The fraction of sp³-hybridized carbons (Fsp3) is 0.455. The molecule has 86 valence electrons. The number of aliphatic carboxylic acids is 1. The van der Waals surface area contributed by atoms with E-state index in [1.165, 1.54) is 0 Å². The van der Waals surface area contributed by atoms with Gasteiger partial charge in [0.2, 0.25) is 0 Å². The average Bonchev–Trinajstić information content (AvgIpc) is 2.29. The van der Waals surface area contributed by atoms with Crippen molar-refractivity contribution in [1.29, 1.82) is 0 Å². The lowest BCUT2D eigenvalue weighted by Crippen LogP contribution is -2.54. The molecular formula is C11H15N3O2. The molecule has 1 saturated heterocycles. The third-order valence-electron chi connectivity index (χ3n) is 2.70. The number of aryl methyl sites for hydroxylation is 1. The Hall–Kier alpha value is -1.62. The summed E-state index contributed by atoms with van der Waals surface area (Å²) in [6.07, 6.45) is 1.75. The Morgan fingerprint density at radius 1 is 1.69 bits per heavy atom. The van der Waals surface area contributed by atoms with Gasteiger partial charge in [0.15, 0.2) is 0 Å². The summed E-state index contributed by atoms with van der Waals surface area (Å²) in [7, 11) is 0. The molecule has 5 nitrogen and oxygen atoms in total. The topological polar surface area (TPSA) is 65.5 Å². The highest BCUT2D eigenvalue weighted by Crippen LogP contribution is 2.14. The van der Waals surface area contributed by atoms with Crippen LogP contribution in [0, 0.1) is 6.92 Å². The van der Waals surface area contributed by atoms with E-state index in [9.17, 15) is 4.79 Å². The highest BCUT2D eigenvalue weighted by Gasteiger charge is 2.25. The predicted octanol–water partition coefficient (Wildman–Crippen LogP) is 0.253. The molecule has 2 N–H and O–H groups in total. The summed E-state index contributed by atoms with van der Waals surface area (Å²) >= 11 is 0. The van der Waals surface area contributed by atoms with Crippen LogP contribution in [0.15, 0.2) is 18.3 Å². The average molecular weight is 221 g/mol. The minimum atomic E-state index is -0.808. The maximum atomic E-state index is 10.9. The highest BCUT2D eigenvalue weighted by atomic mass is 16.4. The number of carboxylic acids is 1. The molecule has 1 atom stereocenters. The molecule has 1 aromatic heterocycles. The van der Waals surface area contributed by atoms with Gasteiger partial charge in [-0.25, -0.2) is 4.98 Å². The Kier molecular flexibility index (Phi) is 3.05. The van der Waals surface area contributed by atoms with E-state index in [0.717, 1.165) is 17.9 Å². The van der Waals surface area contributed by atoms with Crippen molar-refractivity contribution in [3.05, 3.63) is 23.9 Å². The van der Waals surface area contributed by atoms with E-state index in [4.69, 9.17) is 5.11 Å². The maximum absolute atomic E-state index is 10.9. The van der Waals surface area contributed by atoms with E-state index in [2.05, 4.69) is 10.3 Å². The van der Waals surface area contributed by atoms with Crippen LogP contribution in [0.3, 0.4) is 0 Å². The number of hydrogen-bond acceptors (Lipinski definition) is 4. The second-order valence-electron chi connectivity index (χ2n) is 3.98. The van der Waals surface area contributed by atoms with Crippen molar-refractivity contribution in [2.75, 3.05) is 24.5 Å². The summed E-state index contributed by atoms with van der Waals surface area (Å²) in [6, 6.07) is 3.40. The van der Waals surface area contributed by atoms with Gasteiger partial charge < -0.3 is 15.3 Å². The number of rotatable bonds is 2. The fourth-order valence-corrected chi connectivity index (χ4v) is 1.82. The van der Waals surface area contributed by atoms with Gasteiger partial charge in [0.05, 0.1) is 0 Å². The Balaban J connectivity index is 2.12. The molecule has 0 amide bonds. The molecule has 1 aliphatic rings. The zero-order valence-electron chi connectivity index (χ0n) is 9.18. The van der Waals surface area contributed by atoms with Gasteiger partial charge in [0.1, 0.15) is 11.9 Å². The number of nitrogens with zero attached hydrogens (tertiary/aromatic N) is 2. The summed E-state index contributed by atoms with van der Waals surface area (Å²) in [5, 5.41) is 11.9. The van der Waals surface area contributed by atoms with Crippen molar-refractivity contribution in [3.8, 4) is 0 Å². The van der Waals surface area contributed by atoms with Crippen molar-refractivity contribution >= 4 is 11.8 Å². The number of aromatic nitrogens is 1. The SMILES string of the molecule is Cc1ccnc(N2CCNC(C(=O)O)C2)c1. The summed E-state index contributed by atoms with van der Waals surface area (Å²) in [4.78, 5) is 17.2. The molecule has 2 heterocycles. The first-order valence-electron chi connectivity index (χ1n) is 5.30. The summed E-state index contributed by atoms with van der Waals surface area (Å²) in [5.41, 5.74) is 1.13. The second kappa shape index (κ2) is 4.49. The quantitative estimate of drug-likeness (QED) is 0.749. The largest absolute Gasteiger partial charge is 0.480 e. The zero-order chi connectivity index (χ0) is 11.5. The maximum Gasteiger partial charge on any atom is 0.322 e. The van der Waals surface area contributed by atoms with Crippen LogP contribution < -0.4 is 10.2 Å². The summed E-state index contributed by atoms with van der Waals surface area (Å²) in [5.74, 6) is 0.0464. The molecule has 0 spiro atoms. The molecule has 0 aromatic carbocycles. The smallest absolute Gasteiger partial charge is 0.322 e. The number of hydrogen-bond donors (Lipinski definition) is 2. The minimum Gasteiger partial charge on any atom is -0.480 e. The van der Waals surface area contributed by atoms with Gasteiger partial charge in [0.25, 0.3) is 0 Å². The number of carboxylic acid groups (broad SMARTS) is 1. The zero-order valence-corrected chi connectivity index (χ0v) is 9.18. The summed E-state index contributed by atoms with van der Waals surface area (Å²) in [6.45, 7) is 3.93. The van der Waals surface area contributed by atoms with Crippen LogP contribution in [-0.2, 0) is 4.79 Å². The predicted molar refractivity (Wildman–Crippen MR) is 60.6 cm³/mol. The molecule has 1 aliphatic heterocycles. The van der Waals surface area contributed by atoms with Crippen molar-refractivity contribution in [2.24, 2.45) is 0 Å². The Bertz CT molecular complexity index is 395. The van der Waals surface area contributed by atoms with Crippen molar-refractivity contribution in [1.82, 2.24) is 10.3 Å². The van der Waals surface area contributed by atoms with Crippen LogP contribution in [0.25, 0.3) is 0 Å². The third kappa shape index (κ3) is 2.30. The minimum absolute atomic E-state index is 0.464. The lowest BCUT2D eigenvalue weighted by atomic mass is 10.2. The fourth-order valence-electron chi connectivity index (χ4n) is 1.82. The molecule has 5 heteroatoms. The molecule has 0 radical (unpaired) electrons. The molecule has 16 heavy (non-hydrogen) atoms. The number of pyridine rings is 1. The third-order valence-corrected chi connectivity index (χ3v) is 2.70. The van der Waals surface area contributed by atoms with Crippen LogP contribution in [0.2, 0.25) is 0 Å². The normalized spacial score (nSPS) is 20.8. The van der Waals surface area contributed by atoms with Crippen molar-refractivity contribution in [2.45, 2.75) is 13.0 Å². The van der Waals surface area contributed by atoms with E-state index < -0.39 is 12.0 Å². The number of anilines is 1. The lowest BCUT2D eigenvalue weighted by Gasteiger charge is -2.32. The van der Waals surface area contributed by atoms with E-state index in [1.807, 2.05) is 24.0 Å². The van der Waals surface area contributed by atoms with Crippen LogP contribution >= 0.6 is 0 Å². The van der Waals surface area contributed by atoms with Gasteiger partial charge in [0, 0.05) is 25.8 Å². The first-order chi connectivity index (χ1) is 7.66. The first kappa shape index (κ1) is 10.9. The first-order valence-corrected chi connectivity index (χ1v) is 5.30. The Labute approximate surface area is 94.1 Å². The van der Waals surface area contributed by atoms with Crippen LogP contribution in [0.4, 0.5) is 5.82 Å². The molecule has 1 aromatic rings. The Morgan fingerprint density at radius 3 is 3.19 bits per heavy atom. The molecular weight excluding hydrogens is 206 g/mol. The van der Waals surface area contributed by atoms with Gasteiger partial charge in [-0.3, -0.25) is 4.79 Å². The van der Waals surface area contributed by atoms with E-state index >= 15 is 0 Å². The van der Waals surface area contributed by atoms with Gasteiger partial charge >= 0.3 is 5.97 Å². The molecule has 0 bridgehead atoms. The molecule has 2 rings (SSSR count). The van der Waals surface area contributed by atoms with Crippen molar-refractivity contribution < 1.29 is 9.90 Å². The van der Waals surface area contributed by atoms with E-state index in [-0.39, 0.29) is 0 Å². The highest BCUT2D eigenvalue weighted by molar-refractivity contribution is 5.74. The number of piperazine rings is 1. The van der Waals surface area contributed by atoms with Crippen molar-refractivity contribution in [3.63, 3.8) is 0 Å². The standard InChI is InChI=1S/C11H15N3O2/c1-8-2-3-13-10(6-8)14-5-4-12-9(7-14)11(15)16/h2-3,6,9,12H,4-5,7H2,1H3,(H,15,16). The van der Waals surface area contributed by atoms with Gasteiger partial charge in [-0.2, -0.15) is 0 Å². The van der Waals surface area contributed by atoms with Crippen LogP contribution in [-0.4, -0.2) is 41.7 Å². The Morgan fingerprint density at radius 2 is 2.50 bits per heavy atom. The summed E-state index contributed by atoms with van der Waals surface area (Å²) < 4.78 is 0. The van der Waals surface area contributed by atoms with Gasteiger partial charge in [-0.05, 0) is 24.6 Å². The number of carbonyl (C=O) groups is 1. The lowest BCUT2D eigenvalue weighted by molar-refractivity contribution is -0.139. The van der Waals surface area contributed by atoms with E-state index in [0.29, 0.717) is 13.1 Å². The second-order valence-corrected chi connectivity index (χ2v) is 3.98. The van der Waals surface area contributed by atoms with Crippen LogP contribution in [0.5, 0.6) is 0 Å². The molecule has 1 fully saturated rings. The van der Waals surface area contributed by atoms with E-state index in [1.54, 1.807) is 6.20 Å². The van der Waals surface area contributed by atoms with Gasteiger partial charge in [-0.15, -0.1) is 0 Å². The van der Waals surface area contributed by atoms with Gasteiger partial charge in [-0.1, -0.05) is 0 Å². The molecule has 0 aliphatic carbocycles. The molecule has 1 unspecified atom stereocenters. The number of nitrogens with one attached hydrogen (secondary N) is 1.